The Morgan fingerprint density at radius 1 is 1.36 bits per heavy atom. The number of hydrogen-bond acceptors (Lipinski definition) is 5. The highest BCUT2D eigenvalue weighted by atomic mass is 35.5. The van der Waals surface area contributed by atoms with Gasteiger partial charge in [0.15, 0.2) is 0 Å². The SMILES string of the molecule is CNCCC1CCN(C(=O)C(C)NC(=O)c2cc3c(C)nn(C)c3s2)CC1.Cl. The molecule has 1 fully saturated rings. The van der Waals surface area contributed by atoms with Gasteiger partial charge in [-0.05, 0) is 58.7 Å². The molecule has 0 radical (unpaired) electrons. The number of carbonyl (C=O) groups is 2. The van der Waals surface area contributed by atoms with Crippen LogP contribution in [0.25, 0.3) is 10.2 Å². The lowest BCUT2D eigenvalue weighted by atomic mass is 9.93. The summed E-state index contributed by atoms with van der Waals surface area (Å²) >= 11 is 1.41. The number of likely N-dealkylation sites (tertiary alicyclic amines) is 1. The largest absolute Gasteiger partial charge is 0.341 e. The van der Waals surface area contributed by atoms with Crippen molar-refractivity contribution in [2.75, 3.05) is 26.7 Å². The minimum absolute atomic E-state index is 0. The van der Waals surface area contributed by atoms with Crippen LogP contribution in [-0.2, 0) is 11.8 Å². The van der Waals surface area contributed by atoms with E-state index in [0.717, 1.165) is 54.8 Å². The summed E-state index contributed by atoms with van der Waals surface area (Å²) in [6, 6.07) is 1.35. The lowest BCUT2D eigenvalue weighted by Gasteiger charge is -2.33. The lowest BCUT2D eigenvalue weighted by molar-refractivity contribution is -0.134. The topological polar surface area (TPSA) is 79.3 Å². The standard InChI is InChI=1S/C19H29N5O2S.ClH/c1-12-15-11-16(27-19(15)23(4)22-12)17(25)21-13(2)18(26)24-9-6-14(7-10-24)5-8-20-3;/h11,13-14,20H,5-10H2,1-4H3,(H,21,25);1H. The molecule has 3 rings (SSSR count). The normalized spacial score (nSPS) is 16.1. The first-order valence-electron chi connectivity index (χ1n) is 9.58. The Kier molecular flexibility index (Phi) is 7.86. The van der Waals surface area contributed by atoms with Crippen LogP contribution in [0, 0.1) is 12.8 Å². The Hall–Kier alpha value is -1.64. The molecule has 1 aliphatic rings. The van der Waals surface area contributed by atoms with Gasteiger partial charge in [0.25, 0.3) is 5.91 Å². The summed E-state index contributed by atoms with van der Waals surface area (Å²) in [6.45, 7) is 6.29. The number of nitrogens with one attached hydrogen (secondary N) is 2. The van der Waals surface area contributed by atoms with E-state index >= 15 is 0 Å². The van der Waals surface area contributed by atoms with Crippen LogP contribution in [0.3, 0.4) is 0 Å². The Balaban J connectivity index is 0.00000280. The van der Waals surface area contributed by atoms with E-state index in [1.807, 2.05) is 32.0 Å². The molecule has 7 nitrogen and oxygen atoms in total. The molecule has 1 unspecified atom stereocenters. The number of hydrogen-bond donors (Lipinski definition) is 2. The second-order valence-electron chi connectivity index (χ2n) is 7.39. The van der Waals surface area contributed by atoms with Gasteiger partial charge in [0, 0.05) is 25.5 Å². The van der Waals surface area contributed by atoms with E-state index in [1.54, 1.807) is 11.6 Å². The molecule has 0 aliphatic carbocycles. The summed E-state index contributed by atoms with van der Waals surface area (Å²) in [7, 11) is 3.84. The van der Waals surface area contributed by atoms with Crippen LogP contribution in [0.2, 0.25) is 0 Å². The van der Waals surface area contributed by atoms with Crippen LogP contribution in [0.1, 0.15) is 41.6 Å². The maximum atomic E-state index is 12.7. The van der Waals surface area contributed by atoms with Crippen LogP contribution in [0.4, 0.5) is 0 Å². The van der Waals surface area contributed by atoms with Crippen molar-refractivity contribution in [3.05, 3.63) is 16.6 Å². The van der Waals surface area contributed by atoms with Gasteiger partial charge in [-0.3, -0.25) is 14.3 Å². The van der Waals surface area contributed by atoms with Gasteiger partial charge in [0.05, 0.1) is 10.6 Å². The summed E-state index contributed by atoms with van der Waals surface area (Å²) in [5.41, 5.74) is 0.910. The van der Waals surface area contributed by atoms with E-state index in [2.05, 4.69) is 15.7 Å². The Morgan fingerprint density at radius 2 is 2.04 bits per heavy atom. The van der Waals surface area contributed by atoms with E-state index in [4.69, 9.17) is 0 Å². The van der Waals surface area contributed by atoms with Gasteiger partial charge in [0.1, 0.15) is 10.9 Å². The maximum absolute atomic E-state index is 12.7. The molecule has 2 aromatic heterocycles. The molecule has 0 spiro atoms. The molecule has 1 atom stereocenters. The zero-order chi connectivity index (χ0) is 19.6. The van der Waals surface area contributed by atoms with E-state index < -0.39 is 6.04 Å². The molecule has 0 bridgehead atoms. The lowest BCUT2D eigenvalue weighted by Crippen LogP contribution is -2.49. The number of carbonyl (C=O) groups excluding carboxylic acids is 2. The Bertz CT molecular complexity index is 791. The van der Waals surface area contributed by atoms with Crippen molar-refractivity contribution in [1.82, 2.24) is 25.3 Å². The van der Waals surface area contributed by atoms with E-state index in [-0.39, 0.29) is 24.2 Å². The number of thiophene rings is 1. The van der Waals surface area contributed by atoms with Crippen molar-refractivity contribution < 1.29 is 9.59 Å². The van der Waals surface area contributed by atoms with Crippen molar-refractivity contribution in [2.24, 2.45) is 13.0 Å². The molecule has 9 heteroatoms. The highest BCUT2D eigenvalue weighted by molar-refractivity contribution is 7.20. The molecule has 1 saturated heterocycles. The zero-order valence-corrected chi connectivity index (χ0v) is 18.6. The summed E-state index contributed by atoms with van der Waals surface area (Å²) in [6.07, 6.45) is 3.23. The predicted molar refractivity (Wildman–Crippen MR) is 115 cm³/mol. The second-order valence-corrected chi connectivity index (χ2v) is 8.43. The van der Waals surface area contributed by atoms with Gasteiger partial charge in [-0.2, -0.15) is 5.10 Å². The third-order valence-electron chi connectivity index (χ3n) is 5.37. The average molecular weight is 428 g/mol. The molecular weight excluding hydrogens is 398 g/mol. The molecule has 156 valence electrons. The van der Waals surface area contributed by atoms with E-state index in [0.29, 0.717) is 10.8 Å². The van der Waals surface area contributed by atoms with Gasteiger partial charge >= 0.3 is 0 Å². The predicted octanol–water partition coefficient (Wildman–Crippen LogP) is 2.33. The highest BCUT2D eigenvalue weighted by Crippen LogP contribution is 2.27. The average Bonchev–Trinajstić information content (AvgIpc) is 3.21. The Morgan fingerprint density at radius 3 is 2.64 bits per heavy atom. The van der Waals surface area contributed by atoms with Gasteiger partial charge in [-0.15, -0.1) is 23.7 Å². The number of piperidine rings is 1. The van der Waals surface area contributed by atoms with E-state index in [1.165, 1.54) is 11.3 Å². The van der Waals surface area contributed by atoms with E-state index in [9.17, 15) is 9.59 Å². The third-order valence-corrected chi connectivity index (χ3v) is 6.57. The molecule has 2 amide bonds. The van der Waals surface area contributed by atoms with Gasteiger partial charge in [-0.1, -0.05) is 0 Å². The number of amides is 2. The van der Waals surface area contributed by atoms with Crippen LogP contribution in [0.5, 0.6) is 0 Å². The summed E-state index contributed by atoms with van der Waals surface area (Å²) in [4.78, 5) is 28.8. The fourth-order valence-electron chi connectivity index (χ4n) is 3.71. The van der Waals surface area contributed by atoms with Gasteiger partial charge in [0.2, 0.25) is 5.91 Å². The summed E-state index contributed by atoms with van der Waals surface area (Å²) < 4.78 is 1.79. The number of halogens is 1. The van der Waals surface area contributed by atoms with Crippen LogP contribution < -0.4 is 10.6 Å². The fourth-order valence-corrected chi connectivity index (χ4v) is 4.74. The molecule has 3 heterocycles. The Labute approximate surface area is 176 Å². The number of fused-ring (bicyclic) bond motifs is 1. The molecule has 0 saturated carbocycles. The second kappa shape index (κ2) is 9.71. The molecular formula is C19H30ClN5O2S. The molecule has 28 heavy (non-hydrogen) atoms. The summed E-state index contributed by atoms with van der Waals surface area (Å²) in [5.74, 6) is 0.497. The molecule has 1 aliphatic heterocycles. The van der Waals surface area contributed by atoms with Crippen molar-refractivity contribution in [3.63, 3.8) is 0 Å². The maximum Gasteiger partial charge on any atom is 0.262 e. The van der Waals surface area contributed by atoms with Crippen molar-refractivity contribution in [2.45, 2.75) is 39.2 Å². The number of aryl methyl sites for hydroxylation is 2. The first-order chi connectivity index (χ1) is 12.9. The molecule has 2 aromatic rings. The van der Waals surface area contributed by atoms with Crippen molar-refractivity contribution in [1.29, 1.82) is 0 Å². The number of nitrogens with zero attached hydrogens (tertiary/aromatic N) is 3. The zero-order valence-electron chi connectivity index (χ0n) is 16.9. The first-order valence-corrected chi connectivity index (χ1v) is 10.4. The summed E-state index contributed by atoms with van der Waals surface area (Å²) in [5, 5.41) is 11.4. The number of rotatable bonds is 6. The van der Waals surface area contributed by atoms with Crippen LogP contribution in [-0.4, -0.2) is 59.2 Å². The molecule has 2 N–H and O–H groups in total. The minimum Gasteiger partial charge on any atom is -0.341 e. The third kappa shape index (κ3) is 4.85. The van der Waals surface area contributed by atoms with Crippen molar-refractivity contribution in [3.8, 4) is 0 Å². The monoisotopic (exact) mass is 427 g/mol. The minimum atomic E-state index is -0.518. The highest BCUT2D eigenvalue weighted by Gasteiger charge is 2.27. The van der Waals surface area contributed by atoms with Crippen molar-refractivity contribution >= 4 is 45.8 Å². The molecule has 0 aromatic carbocycles. The smallest absolute Gasteiger partial charge is 0.262 e. The number of aromatic nitrogens is 2. The van der Waals surface area contributed by atoms with Crippen LogP contribution in [0.15, 0.2) is 6.07 Å². The van der Waals surface area contributed by atoms with Gasteiger partial charge in [-0.25, -0.2) is 0 Å². The van der Waals surface area contributed by atoms with Crippen LogP contribution >= 0.6 is 23.7 Å². The quantitative estimate of drug-likeness (QED) is 0.741. The first kappa shape index (κ1) is 22.6. The van der Waals surface area contributed by atoms with Gasteiger partial charge < -0.3 is 15.5 Å². The fraction of sp³-hybridized carbons (Fsp3) is 0.632.